The number of carboxylic acids is 1. The Morgan fingerprint density at radius 2 is 2.18 bits per heavy atom. The van der Waals surface area contributed by atoms with E-state index in [2.05, 4.69) is 0 Å². The summed E-state index contributed by atoms with van der Waals surface area (Å²) < 4.78 is 22.5. The highest BCUT2D eigenvalue weighted by Gasteiger charge is 2.40. The quantitative estimate of drug-likeness (QED) is 0.839. The predicted octanol–water partition coefficient (Wildman–Crippen LogP) is 2.73. The van der Waals surface area contributed by atoms with Gasteiger partial charge in [0.1, 0.15) is 5.75 Å². The molecule has 0 bridgehead atoms. The van der Waals surface area contributed by atoms with Crippen LogP contribution in [0.1, 0.15) is 12.5 Å². The Morgan fingerprint density at radius 3 is 2.82 bits per heavy atom. The molecule has 17 heavy (non-hydrogen) atoms. The molecule has 1 heterocycles. The Kier molecular flexibility index (Phi) is 3.05. The van der Waals surface area contributed by atoms with E-state index in [0.717, 1.165) is 0 Å². The van der Waals surface area contributed by atoms with Crippen molar-refractivity contribution in [3.63, 3.8) is 0 Å². The van der Waals surface area contributed by atoms with Crippen LogP contribution in [0.4, 0.5) is 0 Å². The van der Waals surface area contributed by atoms with Gasteiger partial charge in [-0.25, -0.2) is 9.36 Å². The fourth-order valence-corrected chi connectivity index (χ4v) is 3.12. The van der Waals surface area contributed by atoms with Crippen molar-refractivity contribution in [1.82, 2.24) is 0 Å². The van der Waals surface area contributed by atoms with E-state index in [-0.39, 0.29) is 11.9 Å². The molecule has 0 spiro atoms. The summed E-state index contributed by atoms with van der Waals surface area (Å²) in [4.78, 5) is 11.1. The molecule has 6 heteroatoms. The van der Waals surface area contributed by atoms with Crippen molar-refractivity contribution >= 4 is 19.6 Å². The van der Waals surface area contributed by atoms with E-state index in [4.69, 9.17) is 14.2 Å². The summed E-state index contributed by atoms with van der Waals surface area (Å²) in [6, 6.07) is 6.77. The topological polar surface area (TPSA) is 72.8 Å². The molecule has 1 unspecified atom stereocenters. The van der Waals surface area contributed by atoms with Crippen molar-refractivity contribution in [2.75, 3.05) is 6.61 Å². The highest BCUT2D eigenvalue weighted by molar-refractivity contribution is 7.60. The predicted molar refractivity (Wildman–Crippen MR) is 61.9 cm³/mol. The maximum atomic E-state index is 12.3. The normalized spacial score (nSPS) is 22.3. The fourth-order valence-electron chi connectivity index (χ4n) is 1.53. The molecule has 5 nitrogen and oxygen atoms in total. The van der Waals surface area contributed by atoms with E-state index in [1.165, 1.54) is 6.08 Å². The van der Waals surface area contributed by atoms with Crippen LogP contribution in [0.5, 0.6) is 5.75 Å². The van der Waals surface area contributed by atoms with Crippen LogP contribution in [0.3, 0.4) is 0 Å². The highest BCUT2D eigenvalue weighted by atomic mass is 31.2. The fraction of sp³-hybridized carbons (Fsp3) is 0.182. The largest absolute Gasteiger partial charge is 0.477 e. The molecule has 0 amide bonds. The monoisotopic (exact) mass is 254 g/mol. The first-order chi connectivity index (χ1) is 8.07. The molecule has 1 aromatic carbocycles. The van der Waals surface area contributed by atoms with E-state index in [1.54, 1.807) is 31.2 Å². The first kappa shape index (κ1) is 11.9. The summed E-state index contributed by atoms with van der Waals surface area (Å²) in [5.41, 5.74) is 0.580. The number of hydrogen-bond donors (Lipinski definition) is 1. The van der Waals surface area contributed by atoms with Crippen LogP contribution in [0.2, 0.25) is 0 Å². The average Bonchev–Trinajstić information content (AvgIpc) is 2.27. The van der Waals surface area contributed by atoms with Gasteiger partial charge in [-0.15, -0.1) is 0 Å². The Labute approximate surface area is 98.2 Å². The number of hydrogen-bond acceptors (Lipinski definition) is 4. The summed E-state index contributed by atoms with van der Waals surface area (Å²) in [6.07, 6.45) is 1.33. The lowest BCUT2D eigenvalue weighted by Gasteiger charge is -2.23. The molecular weight excluding hydrogens is 243 g/mol. The standard InChI is InChI=1S/C11H11O5P/c1-2-15-17(14)10(11(12)13)7-8-5-3-4-6-9(8)16-17/h3-7H,2H2,1H3,(H,12,13). The van der Waals surface area contributed by atoms with Crippen molar-refractivity contribution in [2.45, 2.75) is 6.92 Å². The van der Waals surface area contributed by atoms with Gasteiger partial charge < -0.3 is 9.63 Å². The third-order valence-electron chi connectivity index (χ3n) is 2.24. The van der Waals surface area contributed by atoms with Gasteiger partial charge in [-0.05, 0) is 19.1 Å². The number of carboxylic acid groups (broad SMARTS) is 1. The number of carbonyl (C=O) groups is 1. The minimum Gasteiger partial charge on any atom is -0.477 e. The molecule has 0 aromatic heterocycles. The molecule has 1 aromatic rings. The maximum absolute atomic E-state index is 12.3. The molecule has 1 N–H and O–H groups in total. The lowest BCUT2D eigenvalue weighted by molar-refractivity contribution is -0.131. The number of aliphatic carboxylic acids is 1. The zero-order valence-electron chi connectivity index (χ0n) is 9.12. The van der Waals surface area contributed by atoms with Crippen molar-refractivity contribution in [2.24, 2.45) is 0 Å². The number of rotatable bonds is 3. The summed E-state index contributed by atoms with van der Waals surface area (Å²) in [5, 5.41) is 8.69. The lowest BCUT2D eigenvalue weighted by atomic mass is 10.2. The molecule has 90 valence electrons. The first-order valence-corrected chi connectivity index (χ1v) is 6.60. The highest BCUT2D eigenvalue weighted by Crippen LogP contribution is 2.59. The Balaban J connectivity index is 2.54. The van der Waals surface area contributed by atoms with Gasteiger partial charge in [0.15, 0.2) is 5.31 Å². The van der Waals surface area contributed by atoms with Gasteiger partial charge in [0.05, 0.1) is 6.61 Å². The molecule has 0 saturated carbocycles. The van der Waals surface area contributed by atoms with Gasteiger partial charge in [0, 0.05) is 5.56 Å². The van der Waals surface area contributed by atoms with Crippen molar-refractivity contribution < 1.29 is 23.5 Å². The maximum Gasteiger partial charge on any atom is 0.418 e. The molecule has 1 aliphatic heterocycles. The number of fused-ring (bicyclic) bond motifs is 1. The van der Waals surface area contributed by atoms with Crippen LogP contribution >= 0.6 is 7.60 Å². The third kappa shape index (κ3) is 2.12. The molecule has 2 rings (SSSR count). The van der Waals surface area contributed by atoms with Crippen LogP contribution in [0.15, 0.2) is 29.6 Å². The van der Waals surface area contributed by atoms with Crippen molar-refractivity contribution in [1.29, 1.82) is 0 Å². The number of benzene rings is 1. The van der Waals surface area contributed by atoms with Crippen molar-refractivity contribution in [3.8, 4) is 5.75 Å². The van der Waals surface area contributed by atoms with E-state index < -0.39 is 13.6 Å². The molecule has 1 aliphatic rings. The zero-order valence-corrected chi connectivity index (χ0v) is 10.0. The summed E-state index contributed by atoms with van der Waals surface area (Å²) >= 11 is 0. The smallest absolute Gasteiger partial charge is 0.418 e. The molecule has 0 aliphatic carbocycles. The van der Waals surface area contributed by atoms with Crippen LogP contribution in [-0.4, -0.2) is 17.7 Å². The molecular formula is C11H11O5P. The van der Waals surface area contributed by atoms with Crippen molar-refractivity contribution in [3.05, 3.63) is 35.1 Å². The Bertz CT molecular complexity index is 534. The van der Waals surface area contributed by atoms with E-state index in [9.17, 15) is 9.36 Å². The Morgan fingerprint density at radius 1 is 1.47 bits per heavy atom. The SMILES string of the molecule is CCOP1(=O)Oc2ccccc2C=C1C(=O)O. The Hall–Kier alpha value is -1.58. The molecule has 0 fully saturated rings. The summed E-state index contributed by atoms with van der Waals surface area (Å²) in [5.74, 6) is -0.925. The zero-order chi connectivity index (χ0) is 12.5. The second kappa shape index (κ2) is 4.35. The van der Waals surface area contributed by atoms with E-state index in [0.29, 0.717) is 11.3 Å². The summed E-state index contributed by atoms with van der Waals surface area (Å²) in [6.45, 7) is 1.74. The van der Waals surface area contributed by atoms with Gasteiger partial charge in [-0.3, -0.25) is 4.52 Å². The number of para-hydroxylation sites is 1. The average molecular weight is 254 g/mol. The molecule has 0 saturated heterocycles. The van der Waals surface area contributed by atoms with Gasteiger partial charge in [0.25, 0.3) is 0 Å². The van der Waals surface area contributed by atoms with Crippen LogP contribution < -0.4 is 4.52 Å². The van der Waals surface area contributed by atoms with Crippen LogP contribution in [0, 0.1) is 0 Å². The summed E-state index contributed by atoms with van der Waals surface area (Å²) in [7, 11) is -3.75. The van der Waals surface area contributed by atoms with E-state index >= 15 is 0 Å². The van der Waals surface area contributed by atoms with Gasteiger partial charge >= 0.3 is 13.6 Å². The van der Waals surface area contributed by atoms with E-state index in [1.807, 2.05) is 0 Å². The second-order valence-electron chi connectivity index (χ2n) is 3.38. The van der Waals surface area contributed by atoms with Gasteiger partial charge in [-0.1, -0.05) is 18.2 Å². The minimum atomic E-state index is -3.75. The molecule has 0 radical (unpaired) electrons. The lowest BCUT2D eigenvalue weighted by Crippen LogP contribution is -2.12. The van der Waals surface area contributed by atoms with Gasteiger partial charge in [0.2, 0.25) is 0 Å². The van der Waals surface area contributed by atoms with Crippen LogP contribution in [-0.2, 0) is 13.9 Å². The van der Waals surface area contributed by atoms with Gasteiger partial charge in [-0.2, -0.15) is 0 Å². The molecule has 1 atom stereocenters. The third-order valence-corrected chi connectivity index (χ3v) is 4.19. The first-order valence-electron chi connectivity index (χ1n) is 5.05. The van der Waals surface area contributed by atoms with Crippen LogP contribution in [0.25, 0.3) is 6.08 Å². The second-order valence-corrected chi connectivity index (χ2v) is 5.30. The minimum absolute atomic E-state index is 0.115.